The summed E-state index contributed by atoms with van der Waals surface area (Å²) in [6.45, 7) is 4.52. The Hall–Kier alpha value is -1.92. The SMILES string of the molecule is CCn1ccc(CNCc2cc(-c3cccs3)n[nH]2)n1. The number of aryl methyl sites for hydroxylation is 1. The van der Waals surface area contributed by atoms with E-state index in [4.69, 9.17) is 0 Å². The minimum absolute atomic E-state index is 0.761. The highest BCUT2D eigenvalue weighted by Crippen LogP contribution is 2.22. The number of aromatic amines is 1. The van der Waals surface area contributed by atoms with Crippen LogP contribution in [0.5, 0.6) is 0 Å². The van der Waals surface area contributed by atoms with E-state index < -0.39 is 0 Å². The maximum absolute atomic E-state index is 4.44. The summed E-state index contributed by atoms with van der Waals surface area (Å²) >= 11 is 1.70. The van der Waals surface area contributed by atoms with E-state index in [0.29, 0.717) is 0 Å². The molecule has 3 rings (SSSR count). The van der Waals surface area contributed by atoms with Gasteiger partial charge in [-0.25, -0.2) is 0 Å². The molecule has 104 valence electrons. The minimum Gasteiger partial charge on any atom is -0.305 e. The van der Waals surface area contributed by atoms with E-state index in [1.165, 1.54) is 4.88 Å². The van der Waals surface area contributed by atoms with Gasteiger partial charge in [-0.15, -0.1) is 11.3 Å². The van der Waals surface area contributed by atoms with Gasteiger partial charge in [0.1, 0.15) is 5.69 Å². The summed E-state index contributed by atoms with van der Waals surface area (Å²) in [6.07, 6.45) is 2.00. The van der Waals surface area contributed by atoms with Crippen molar-refractivity contribution in [3.8, 4) is 10.6 Å². The molecule has 0 unspecified atom stereocenters. The highest BCUT2D eigenvalue weighted by molar-refractivity contribution is 7.13. The molecular formula is C14H17N5S. The molecule has 20 heavy (non-hydrogen) atoms. The predicted octanol–water partition coefficient (Wildman–Crippen LogP) is 2.64. The fourth-order valence-corrected chi connectivity index (χ4v) is 2.69. The Balaban J connectivity index is 1.54. The molecule has 0 atom stereocenters. The van der Waals surface area contributed by atoms with Crippen LogP contribution in [0.4, 0.5) is 0 Å². The molecule has 0 spiro atoms. The molecule has 0 aliphatic rings. The van der Waals surface area contributed by atoms with Gasteiger partial charge in [0.15, 0.2) is 0 Å². The molecule has 0 aromatic carbocycles. The summed E-state index contributed by atoms with van der Waals surface area (Å²) in [6, 6.07) is 8.25. The fourth-order valence-electron chi connectivity index (χ4n) is 2.00. The number of nitrogens with one attached hydrogen (secondary N) is 2. The molecule has 3 aromatic heterocycles. The third-order valence-corrected chi connectivity index (χ3v) is 3.94. The smallest absolute Gasteiger partial charge is 0.102 e. The van der Waals surface area contributed by atoms with E-state index in [1.807, 2.05) is 23.0 Å². The van der Waals surface area contributed by atoms with E-state index >= 15 is 0 Å². The van der Waals surface area contributed by atoms with Gasteiger partial charge in [-0.3, -0.25) is 9.78 Å². The van der Waals surface area contributed by atoms with Crippen LogP contribution in [0.3, 0.4) is 0 Å². The average molecular weight is 287 g/mol. The zero-order chi connectivity index (χ0) is 13.8. The monoisotopic (exact) mass is 287 g/mol. The highest BCUT2D eigenvalue weighted by Gasteiger charge is 2.04. The van der Waals surface area contributed by atoms with Crippen LogP contribution in [0.15, 0.2) is 35.8 Å². The third-order valence-electron chi connectivity index (χ3n) is 3.05. The van der Waals surface area contributed by atoms with Crippen LogP contribution < -0.4 is 5.32 Å². The van der Waals surface area contributed by atoms with Crippen molar-refractivity contribution in [1.82, 2.24) is 25.3 Å². The van der Waals surface area contributed by atoms with Gasteiger partial charge in [-0.2, -0.15) is 10.2 Å². The number of nitrogens with zero attached hydrogens (tertiary/aromatic N) is 3. The van der Waals surface area contributed by atoms with Gasteiger partial charge in [0, 0.05) is 31.5 Å². The Bertz CT molecular complexity index is 653. The minimum atomic E-state index is 0.761. The van der Waals surface area contributed by atoms with Crippen molar-refractivity contribution >= 4 is 11.3 Å². The fraction of sp³-hybridized carbons (Fsp3) is 0.286. The van der Waals surface area contributed by atoms with Crippen molar-refractivity contribution in [2.75, 3.05) is 0 Å². The summed E-state index contributed by atoms with van der Waals surface area (Å²) < 4.78 is 1.93. The van der Waals surface area contributed by atoms with Crippen molar-refractivity contribution in [2.45, 2.75) is 26.6 Å². The summed E-state index contributed by atoms with van der Waals surface area (Å²) in [5.41, 5.74) is 3.15. The lowest BCUT2D eigenvalue weighted by Gasteiger charge is -1.99. The quantitative estimate of drug-likeness (QED) is 0.733. The van der Waals surface area contributed by atoms with Gasteiger partial charge >= 0.3 is 0 Å². The molecule has 3 heterocycles. The van der Waals surface area contributed by atoms with Gasteiger partial charge in [-0.05, 0) is 30.5 Å². The number of hydrogen-bond donors (Lipinski definition) is 2. The molecule has 2 N–H and O–H groups in total. The maximum Gasteiger partial charge on any atom is 0.102 e. The Morgan fingerprint density at radius 3 is 3.05 bits per heavy atom. The summed E-state index contributed by atoms with van der Waals surface area (Å²) in [5, 5.41) is 17.3. The third kappa shape index (κ3) is 2.97. The van der Waals surface area contributed by atoms with Crippen molar-refractivity contribution < 1.29 is 0 Å². The summed E-state index contributed by atoms with van der Waals surface area (Å²) in [4.78, 5) is 1.19. The van der Waals surface area contributed by atoms with Crippen molar-refractivity contribution in [1.29, 1.82) is 0 Å². The molecule has 0 aliphatic heterocycles. The van der Waals surface area contributed by atoms with E-state index in [0.717, 1.165) is 36.7 Å². The van der Waals surface area contributed by atoms with E-state index in [2.05, 4.69) is 45.0 Å². The largest absolute Gasteiger partial charge is 0.305 e. The van der Waals surface area contributed by atoms with Gasteiger partial charge in [0.25, 0.3) is 0 Å². The standard InChI is InChI=1S/C14H17N5S/c1-2-19-6-5-11(18-19)9-15-10-12-8-13(17-16-12)14-4-3-7-20-14/h3-8,15H,2,9-10H2,1H3,(H,16,17). The highest BCUT2D eigenvalue weighted by atomic mass is 32.1. The second kappa shape index (κ2) is 6.02. The first-order valence-electron chi connectivity index (χ1n) is 6.66. The molecule has 3 aromatic rings. The lowest BCUT2D eigenvalue weighted by atomic mass is 10.3. The number of aromatic nitrogens is 4. The first-order chi connectivity index (χ1) is 9.85. The Labute approximate surface area is 121 Å². The molecule has 0 saturated carbocycles. The van der Waals surface area contributed by atoms with Crippen LogP contribution in [0.1, 0.15) is 18.3 Å². The van der Waals surface area contributed by atoms with E-state index in [9.17, 15) is 0 Å². The van der Waals surface area contributed by atoms with Crippen molar-refractivity contribution in [3.05, 3.63) is 47.2 Å². The normalized spacial score (nSPS) is 11.1. The van der Waals surface area contributed by atoms with Crippen molar-refractivity contribution in [3.63, 3.8) is 0 Å². The molecule has 0 fully saturated rings. The number of thiophene rings is 1. The van der Waals surface area contributed by atoms with Gasteiger partial charge in [0.05, 0.1) is 10.6 Å². The first-order valence-corrected chi connectivity index (χ1v) is 7.54. The second-order valence-electron chi connectivity index (χ2n) is 4.52. The van der Waals surface area contributed by atoms with Crippen LogP contribution in [-0.4, -0.2) is 20.0 Å². The van der Waals surface area contributed by atoms with Crippen LogP contribution in [-0.2, 0) is 19.6 Å². The molecule has 0 aliphatic carbocycles. The van der Waals surface area contributed by atoms with Crippen LogP contribution >= 0.6 is 11.3 Å². The topological polar surface area (TPSA) is 58.5 Å². The average Bonchev–Trinajstić information content (AvgIpc) is 3.20. The van der Waals surface area contributed by atoms with Crippen LogP contribution in [0, 0.1) is 0 Å². The zero-order valence-corrected chi connectivity index (χ0v) is 12.2. The van der Waals surface area contributed by atoms with Crippen LogP contribution in [0.2, 0.25) is 0 Å². The molecular weight excluding hydrogens is 270 g/mol. The number of H-pyrrole nitrogens is 1. The van der Waals surface area contributed by atoms with Gasteiger partial charge in [-0.1, -0.05) is 6.07 Å². The van der Waals surface area contributed by atoms with E-state index in [-0.39, 0.29) is 0 Å². The molecule has 5 nitrogen and oxygen atoms in total. The van der Waals surface area contributed by atoms with Gasteiger partial charge in [0.2, 0.25) is 0 Å². The lowest BCUT2D eigenvalue weighted by Crippen LogP contribution is -2.13. The van der Waals surface area contributed by atoms with Crippen molar-refractivity contribution in [2.24, 2.45) is 0 Å². The summed E-state index contributed by atoms with van der Waals surface area (Å²) in [5.74, 6) is 0. The first kappa shape index (κ1) is 13.1. The summed E-state index contributed by atoms with van der Waals surface area (Å²) in [7, 11) is 0. The molecule has 6 heteroatoms. The lowest BCUT2D eigenvalue weighted by molar-refractivity contribution is 0.616. The van der Waals surface area contributed by atoms with Crippen LogP contribution in [0.25, 0.3) is 10.6 Å². The predicted molar refractivity (Wildman–Crippen MR) is 80.3 cm³/mol. The number of hydrogen-bond acceptors (Lipinski definition) is 4. The molecule has 0 saturated heterocycles. The van der Waals surface area contributed by atoms with E-state index in [1.54, 1.807) is 11.3 Å². The molecule has 0 radical (unpaired) electrons. The second-order valence-corrected chi connectivity index (χ2v) is 5.47. The Morgan fingerprint density at radius 1 is 1.35 bits per heavy atom. The molecule has 0 bridgehead atoms. The molecule has 0 amide bonds. The Morgan fingerprint density at radius 2 is 2.30 bits per heavy atom. The maximum atomic E-state index is 4.44. The van der Waals surface area contributed by atoms with Gasteiger partial charge < -0.3 is 5.32 Å². The number of rotatable bonds is 6. The zero-order valence-electron chi connectivity index (χ0n) is 11.3. The Kier molecular flexibility index (Phi) is 3.94.